The first-order chi connectivity index (χ1) is 9.92. The van der Waals surface area contributed by atoms with Crippen molar-refractivity contribution in [3.63, 3.8) is 0 Å². The first-order valence-electron chi connectivity index (χ1n) is 7.58. The lowest BCUT2D eigenvalue weighted by Gasteiger charge is -2.27. The normalized spacial score (nSPS) is 10.9. The van der Waals surface area contributed by atoms with E-state index in [0.29, 0.717) is 6.42 Å². The molecule has 0 spiro atoms. The van der Waals surface area contributed by atoms with Gasteiger partial charge in [-0.15, -0.1) is 0 Å². The highest BCUT2D eigenvalue weighted by atomic mass is 28.4. The molecule has 0 aromatic rings. The van der Waals surface area contributed by atoms with E-state index in [1.807, 2.05) is 6.92 Å². The van der Waals surface area contributed by atoms with Crippen molar-refractivity contribution in [2.24, 2.45) is 0 Å². The lowest BCUT2D eigenvalue weighted by atomic mass is 10.3. The Morgan fingerprint density at radius 3 is 1.38 bits per heavy atom. The van der Waals surface area contributed by atoms with Gasteiger partial charge in [-0.3, -0.25) is 14.4 Å². The quantitative estimate of drug-likeness (QED) is 0.455. The number of rotatable bonds is 10. The minimum Gasteiger partial charge on any atom is -0.455 e. The van der Waals surface area contributed by atoms with Gasteiger partial charge >= 0.3 is 8.80 Å². The zero-order valence-corrected chi connectivity index (χ0v) is 14.4. The van der Waals surface area contributed by atoms with Gasteiger partial charge in [0.1, 0.15) is 0 Å². The van der Waals surface area contributed by atoms with E-state index < -0.39 is 26.7 Å². The number of hydrogen-bond donors (Lipinski definition) is 0. The van der Waals surface area contributed by atoms with Crippen LogP contribution >= 0.6 is 0 Å². The topological polar surface area (TPSA) is 78.9 Å². The molecular weight excluding hydrogens is 292 g/mol. The summed E-state index contributed by atoms with van der Waals surface area (Å²) in [6, 6.07) is 0.282. The Hall–Kier alpha value is -1.37. The van der Waals surface area contributed by atoms with Crippen molar-refractivity contribution >= 4 is 26.7 Å². The maximum absolute atomic E-state index is 11.6. The van der Waals surface area contributed by atoms with Crippen LogP contribution < -0.4 is 0 Å². The highest BCUT2D eigenvalue weighted by Gasteiger charge is 2.51. The second-order valence-corrected chi connectivity index (χ2v) is 7.10. The van der Waals surface area contributed by atoms with Crippen LogP contribution in [0.15, 0.2) is 0 Å². The molecule has 0 radical (unpaired) electrons. The average Bonchev–Trinajstić information content (AvgIpc) is 2.46. The molecule has 0 bridgehead atoms. The van der Waals surface area contributed by atoms with Crippen LogP contribution in [0, 0.1) is 0 Å². The molecule has 0 saturated carbocycles. The van der Waals surface area contributed by atoms with Crippen LogP contribution in [-0.4, -0.2) is 26.7 Å². The first-order valence-corrected chi connectivity index (χ1v) is 9.51. The highest BCUT2D eigenvalue weighted by molar-refractivity contribution is 6.65. The summed E-state index contributed by atoms with van der Waals surface area (Å²) < 4.78 is 15.9. The largest absolute Gasteiger partial charge is 0.705 e. The van der Waals surface area contributed by atoms with Crippen molar-refractivity contribution in [3.05, 3.63) is 0 Å². The van der Waals surface area contributed by atoms with Crippen molar-refractivity contribution in [2.75, 3.05) is 0 Å². The minimum absolute atomic E-state index is 0.135. The van der Waals surface area contributed by atoms with Gasteiger partial charge in [0.25, 0.3) is 17.9 Å². The summed E-state index contributed by atoms with van der Waals surface area (Å²) in [4.78, 5) is 34.9. The number of unbranched alkanes of at least 4 members (excludes halogenated alkanes) is 2. The number of carbonyl (C=O) groups is 3. The monoisotopic (exact) mass is 318 g/mol. The molecule has 0 heterocycles. The van der Waals surface area contributed by atoms with Gasteiger partial charge in [0, 0.05) is 19.3 Å². The molecule has 0 aliphatic carbocycles. The van der Waals surface area contributed by atoms with E-state index in [4.69, 9.17) is 13.3 Å². The van der Waals surface area contributed by atoms with Crippen LogP contribution in [0.2, 0.25) is 6.04 Å². The van der Waals surface area contributed by atoms with Gasteiger partial charge in [-0.05, 0) is 6.42 Å². The van der Waals surface area contributed by atoms with Gasteiger partial charge in [-0.25, -0.2) is 0 Å². The molecule has 6 nitrogen and oxygen atoms in total. The van der Waals surface area contributed by atoms with E-state index in [1.165, 1.54) is 0 Å². The third-order valence-corrected chi connectivity index (χ3v) is 5.34. The van der Waals surface area contributed by atoms with Crippen molar-refractivity contribution < 1.29 is 27.7 Å². The van der Waals surface area contributed by atoms with Crippen LogP contribution in [0.4, 0.5) is 0 Å². The van der Waals surface area contributed by atoms with Gasteiger partial charge in [0.2, 0.25) is 0 Å². The van der Waals surface area contributed by atoms with Crippen molar-refractivity contribution in [1.29, 1.82) is 0 Å². The summed E-state index contributed by atoms with van der Waals surface area (Å²) in [7, 11) is -3.63. The number of hydrogen-bond acceptors (Lipinski definition) is 6. The van der Waals surface area contributed by atoms with Gasteiger partial charge in [-0.2, -0.15) is 0 Å². The summed E-state index contributed by atoms with van der Waals surface area (Å²) in [5.74, 6) is -1.57. The average molecular weight is 318 g/mol. The molecule has 0 saturated heterocycles. The molecule has 0 aliphatic heterocycles. The lowest BCUT2D eigenvalue weighted by molar-refractivity contribution is -0.150. The third-order valence-electron chi connectivity index (χ3n) is 2.76. The van der Waals surface area contributed by atoms with Crippen molar-refractivity contribution in [1.82, 2.24) is 0 Å². The molecule has 122 valence electrons. The van der Waals surface area contributed by atoms with Crippen LogP contribution in [-0.2, 0) is 27.7 Å². The molecular formula is C14H26O6Si. The Kier molecular flexibility index (Phi) is 9.69. The molecule has 0 N–H and O–H groups in total. The molecule has 7 heteroatoms. The molecule has 0 atom stereocenters. The van der Waals surface area contributed by atoms with E-state index >= 15 is 0 Å². The Balaban J connectivity index is 5.18. The summed E-state index contributed by atoms with van der Waals surface area (Å²) >= 11 is 0. The lowest BCUT2D eigenvalue weighted by Crippen LogP contribution is -2.50. The first kappa shape index (κ1) is 19.6. The van der Waals surface area contributed by atoms with E-state index in [1.54, 1.807) is 20.8 Å². The summed E-state index contributed by atoms with van der Waals surface area (Å²) in [6.45, 7) is 6.93. The Bertz CT molecular complexity index is 310. The third kappa shape index (κ3) is 7.84. The second kappa shape index (κ2) is 10.4. The summed E-state index contributed by atoms with van der Waals surface area (Å²) in [6.07, 6.45) is 2.91. The summed E-state index contributed by atoms with van der Waals surface area (Å²) in [5.41, 5.74) is 0. The zero-order chi connectivity index (χ0) is 16.3. The molecule has 0 aliphatic rings. The fraction of sp³-hybridized carbons (Fsp3) is 0.786. The molecule has 0 aromatic carbocycles. The molecule has 21 heavy (non-hydrogen) atoms. The van der Waals surface area contributed by atoms with Gasteiger partial charge in [0.05, 0.1) is 6.04 Å². The molecule has 0 amide bonds. The maximum Gasteiger partial charge on any atom is 0.705 e. The second-order valence-electron chi connectivity index (χ2n) is 4.62. The molecule has 0 unspecified atom stereocenters. The smallest absolute Gasteiger partial charge is 0.455 e. The fourth-order valence-electron chi connectivity index (χ4n) is 1.54. The SMILES string of the molecule is CCCCC[Si](OC(=O)CC)(OC(=O)CC)OC(=O)CC. The minimum atomic E-state index is -3.63. The Morgan fingerprint density at radius 2 is 1.10 bits per heavy atom. The van der Waals surface area contributed by atoms with Crippen LogP contribution in [0.3, 0.4) is 0 Å². The van der Waals surface area contributed by atoms with Crippen molar-refractivity contribution in [2.45, 2.75) is 72.3 Å². The fourth-order valence-corrected chi connectivity index (χ4v) is 4.13. The molecule has 0 fully saturated rings. The standard InChI is InChI=1S/C14H26O6Si/c1-5-9-10-11-21(18-12(15)6-2,19-13(16)7-3)20-14(17)8-4/h5-11H2,1-4H3. The Labute approximate surface area is 127 Å². The highest BCUT2D eigenvalue weighted by Crippen LogP contribution is 2.22. The maximum atomic E-state index is 11.6. The van der Waals surface area contributed by atoms with Gasteiger partial charge < -0.3 is 13.3 Å². The molecule has 0 aromatic heterocycles. The predicted octanol–water partition coefficient (Wildman–Crippen LogP) is 2.98. The summed E-state index contributed by atoms with van der Waals surface area (Å²) in [5, 5.41) is 0. The number of carbonyl (C=O) groups excluding carboxylic acids is 3. The van der Waals surface area contributed by atoms with Gasteiger partial charge in [-0.1, -0.05) is 40.5 Å². The molecule has 0 rings (SSSR count). The van der Waals surface area contributed by atoms with Crippen LogP contribution in [0.25, 0.3) is 0 Å². The van der Waals surface area contributed by atoms with Gasteiger partial charge in [0.15, 0.2) is 0 Å². The van der Waals surface area contributed by atoms with E-state index in [2.05, 4.69) is 0 Å². The predicted molar refractivity (Wildman–Crippen MR) is 79.2 cm³/mol. The Morgan fingerprint density at radius 1 is 0.714 bits per heavy atom. The van der Waals surface area contributed by atoms with Crippen molar-refractivity contribution in [3.8, 4) is 0 Å². The van der Waals surface area contributed by atoms with E-state index in [0.717, 1.165) is 12.8 Å². The van der Waals surface area contributed by atoms with Crippen LogP contribution in [0.5, 0.6) is 0 Å². The van der Waals surface area contributed by atoms with Crippen LogP contribution in [0.1, 0.15) is 66.2 Å². The zero-order valence-electron chi connectivity index (χ0n) is 13.4. The van der Waals surface area contributed by atoms with E-state index in [9.17, 15) is 14.4 Å². The van der Waals surface area contributed by atoms with E-state index in [-0.39, 0.29) is 25.3 Å².